The molecule has 1 N–H and O–H groups in total. The number of hydrogen-bond donors (Lipinski definition) is 1. The molecular weight excluding hydrogens is 465 g/mol. The first-order valence-corrected chi connectivity index (χ1v) is 9.45. The van der Waals surface area contributed by atoms with Crippen LogP contribution in [0.2, 0.25) is 0 Å². The molecule has 2 aromatic rings. The fourth-order valence-corrected chi connectivity index (χ4v) is 4.15. The Morgan fingerprint density at radius 1 is 0.839 bits per heavy atom. The minimum Gasteiger partial charge on any atom is -0.369 e. The Hall–Kier alpha value is -2.22. The van der Waals surface area contributed by atoms with Crippen LogP contribution in [-0.4, -0.2) is 48.6 Å². The van der Waals surface area contributed by atoms with Gasteiger partial charge in [-0.1, -0.05) is 17.4 Å². The van der Waals surface area contributed by atoms with Gasteiger partial charge in [-0.2, -0.15) is 39.5 Å². The van der Waals surface area contributed by atoms with E-state index in [-0.39, 0.29) is 48.3 Å². The van der Waals surface area contributed by atoms with Crippen LogP contribution in [0, 0.1) is 0 Å². The molecule has 0 saturated carbocycles. The number of rotatable bonds is 3. The van der Waals surface area contributed by atoms with E-state index in [1.165, 1.54) is 17.0 Å². The quantitative estimate of drug-likeness (QED) is 0.643. The first kappa shape index (κ1) is 23.4. The number of thiazole rings is 1. The molecule has 3 rings (SSSR count). The number of anilines is 2. The predicted molar refractivity (Wildman–Crippen MR) is 94.0 cm³/mol. The minimum atomic E-state index is -6.00. The van der Waals surface area contributed by atoms with Gasteiger partial charge < -0.3 is 14.9 Å². The van der Waals surface area contributed by atoms with Crippen molar-refractivity contribution in [1.82, 2.24) is 4.98 Å². The van der Waals surface area contributed by atoms with Gasteiger partial charge in [-0.15, -0.1) is 0 Å². The summed E-state index contributed by atoms with van der Waals surface area (Å²) in [4.78, 5) is 5.20. The van der Waals surface area contributed by atoms with Crippen LogP contribution in [0.1, 0.15) is 10.4 Å². The third-order valence-corrected chi connectivity index (χ3v) is 5.93. The van der Waals surface area contributed by atoms with E-state index in [1.807, 2.05) is 0 Å². The fourth-order valence-electron chi connectivity index (χ4n) is 3.05. The molecule has 1 aromatic heterocycles. The number of halogens is 9. The summed E-state index contributed by atoms with van der Waals surface area (Å²) in [7, 11) is 0. The van der Waals surface area contributed by atoms with Crippen molar-refractivity contribution < 1.29 is 44.6 Å². The summed E-state index contributed by atoms with van der Waals surface area (Å²) in [6.45, 7) is 0.525. The lowest BCUT2D eigenvalue weighted by atomic mass is 10.0. The van der Waals surface area contributed by atoms with Crippen molar-refractivity contribution in [3.05, 3.63) is 40.9 Å². The van der Waals surface area contributed by atoms with Gasteiger partial charge in [0.2, 0.25) is 0 Å². The van der Waals surface area contributed by atoms with Crippen LogP contribution in [0.25, 0.3) is 0 Å². The molecular formula is C17H14F9N3OS. The molecule has 1 aliphatic rings. The average Bonchev–Trinajstić information content (AvgIpc) is 3.15. The number of aromatic nitrogens is 1. The first-order valence-electron chi connectivity index (χ1n) is 8.64. The highest BCUT2D eigenvalue weighted by atomic mass is 32.1. The highest BCUT2D eigenvalue weighted by molar-refractivity contribution is 7.15. The molecule has 31 heavy (non-hydrogen) atoms. The molecule has 1 fully saturated rings. The monoisotopic (exact) mass is 479 g/mol. The summed E-state index contributed by atoms with van der Waals surface area (Å²) in [6, 6.07) is 4.59. The molecule has 0 spiro atoms. The first-order chi connectivity index (χ1) is 14.1. The van der Waals surface area contributed by atoms with Crippen molar-refractivity contribution in [2.75, 3.05) is 36.0 Å². The zero-order valence-corrected chi connectivity index (χ0v) is 16.1. The standard InChI is InChI=1S/C17H14F9N3OS/c18-15(19,20)10-2-1-3-11(8-10)28-4-6-29(7-5-28)13-27-9-12(31-13)14(30,16(21,22)23)17(24,25)26/h1-3,8-9,30H,4-7H2. The molecule has 0 atom stereocenters. The SMILES string of the molecule is OC(c1cnc(N2CCN(c3cccc(C(F)(F)F)c3)CC2)s1)(C(F)(F)F)C(F)(F)F. The van der Waals surface area contributed by atoms with Gasteiger partial charge in [0.15, 0.2) is 5.13 Å². The van der Waals surface area contributed by atoms with Crippen molar-refractivity contribution in [2.45, 2.75) is 24.1 Å². The van der Waals surface area contributed by atoms with Crippen molar-refractivity contribution in [3.63, 3.8) is 0 Å². The van der Waals surface area contributed by atoms with Crippen LogP contribution < -0.4 is 9.80 Å². The molecule has 2 heterocycles. The van der Waals surface area contributed by atoms with Gasteiger partial charge in [0, 0.05) is 38.1 Å². The normalized spacial score (nSPS) is 16.7. The molecule has 14 heteroatoms. The van der Waals surface area contributed by atoms with Crippen LogP contribution >= 0.6 is 11.3 Å². The van der Waals surface area contributed by atoms with Crippen molar-refractivity contribution in [3.8, 4) is 0 Å². The molecule has 0 radical (unpaired) electrons. The predicted octanol–water partition coefficient (Wildman–Crippen LogP) is 4.80. The smallest absolute Gasteiger partial charge is 0.369 e. The van der Waals surface area contributed by atoms with Gasteiger partial charge in [0.1, 0.15) is 0 Å². The van der Waals surface area contributed by atoms with Gasteiger partial charge in [0.05, 0.1) is 10.4 Å². The Kier molecular flexibility index (Phi) is 5.84. The zero-order chi connectivity index (χ0) is 23.2. The van der Waals surface area contributed by atoms with Crippen LogP contribution in [-0.2, 0) is 11.8 Å². The highest BCUT2D eigenvalue weighted by Gasteiger charge is 2.72. The van der Waals surface area contributed by atoms with Crippen molar-refractivity contribution in [2.24, 2.45) is 0 Å². The van der Waals surface area contributed by atoms with Crippen LogP contribution in [0.15, 0.2) is 30.5 Å². The topological polar surface area (TPSA) is 39.6 Å². The zero-order valence-electron chi connectivity index (χ0n) is 15.3. The van der Waals surface area contributed by atoms with Crippen molar-refractivity contribution in [1.29, 1.82) is 0 Å². The number of alkyl halides is 9. The third-order valence-electron chi connectivity index (χ3n) is 4.76. The lowest BCUT2D eigenvalue weighted by molar-refractivity contribution is -0.375. The van der Waals surface area contributed by atoms with E-state index in [0.29, 0.717) is 6.20 Å². The van der Waals surface area contributed by atoms with E-state index < -0.39 is 34.6 Å². The maximum Gasteiger partial charge on any atom is 0.431 e. The number of benzene rings is 1. The van der Waals surface area contributed by atoms with Gasteiger partial charge in [0.25, 0.3) is 5.60 Å². The molecule has 0 aliphatic carbocycles. The average molecular weight is 479 g/mol. The summed E-state index contributed by atoms with van der Waals surface area (Å²) >= 11 is 0.0605. The van der Waals surface area contributed by atoms with E-state index in [0.717, 1.165) is 12.1 Å². The van der Waals surface area contributed by atoms with Crippen LogP contribution in [0.3, 0.4) is 0 Å². The van der Waals surface area contributed by atoms with E-state index >= 15 is 0 Å². The van der Waals surface area contributed by atoms with Crippen LogP contribution in [0.4, 0.5) is 50.3 Å². The van der Waals surface area contributed by atoms with E-state index in [9.17, 15) is 44.6 Å². The summed E-state index contributed by atoms with van der Waals surface area (Å²) in [5, 5.41) is 9.29. The second-order valence-electron chi connectivity index (χ2n) is 6.74. The molecule has 1 aromatic carbocycles. The Morgan fingerprint density at radius 3 is 1.90 bits per heavy atom. The Bertz CT molecular complexity index is 901. The summed E-state index contributed by atoms with van der Waals surface area (Å²) < 4.78 is 117. The van der Waals surface area contributed by atoms with Gasteiger partial charge >= 0.3 is 18.5 Å². The third kappa shape index (κ3) is 4.40. The maximum atomic E-state index is 13.0. The number of piperazine rings is 1. The van der Waals surface area contributed by atoms with Crippen molar-refractivity contribution >= 4 is 22.2 Å². The molecule has 0 unspecified atom stereocenters. The van der Waals surface area contributed by atoms with E-state index in [2.05, 4.69) is 4.98 Å². The minimum absolute atomic E-state index is 0.0605. The Balaban J connectivity index is 1.75. The number of hydrogen-bond acceptors (Lipinski definition) is 5. The largest absolute Gasteiger partial charge is 0.431 e. The molecule has 4 nitrogen and oxygen atoms in total. The summed E-state index contributed by atoms with van der Waals surface area (Å²) in [5.74, 6) is 0. The molecule has 0 amide bonds. The highest BCUT2D eigenvalue weighted by Crippen LogP contribution is 2.52. The second-order valence-corrected chi connectivity index (χ2v) is 7.74. The molecule has 1 saturated heterocycles. The lowest BCUT2D eigenvalue weighted by Gasteiger charge is -2.36. The summed E-state index contributed by atoms with van der Waals surface area (Å²) in [6.07, 6.45) is -16.2. The number of aliphatic hydroxyl groups is 1. The lowest BCUT2D eigenvalue weighted by Crippen LogP contribution is -2.53. The Labute approximate surface area is 173 Å². The maximum absolute atomic E-state index is 13.0. The fraction of sp³-hybridized carbons (Fsp3) is 0.471. The number of nitrogens with zero attached hydrogens (tertiary/aromatic N) is 3. The second kappa shape index (κ2) is 7.73. The van der Waals surface area contributed by atoms with Gasteiger partial charge in [-0.3, -0.25) is 0 Å². The molecule has 172 valence electrons. The summed E-state index contributed by atoms with van der Waals surface area (Å²) in [5.41, 5.74) is -5.59. The van der Waals surface area contributed by atoms with Gasteiger partial charge in [-0.25, -0.2) is 4.98 Å². The molecule has 1 aliphatic heterocycles. The Morgan fingerprint density at radius 2 is 1.39 bits per heavy atom. The van der Waals surface area contributed by atoms with Gasteiger partial charge in [-0.05, 0) is 18.2 Å². The van der Waals surface area contributed by atoms with Crippen LogP contribution in [0.5, 0.6) is 0 Å². The van der Waals surface area contributed by atoms with E-state index in [4.69, 9.17) is 0 Å². The molecule has 0 bridgehead atoms. The van der Waals surface area contributed by atoms with E-state index in [1.54, 1.807) is 4.90 Å².